The SMILES string of the molecule is CC(C)NC(=O)[C@H](C)Sc1nccc(C(F)(F)F)n1. The fraction of sp³-hybridized carbons (Fsp3) is 0.545. The van der Waals surface area contributed by atoms with Gasteiger partial charge in [0.15, 0.2) is 5.16 Å². The largest absolute Gasteiger partial charge is 0.433 e. The van der Waals surface area contributed by atoms with Crippen molar-refractivity contribution in [2.75, 3.05) is 0 Å². The molecule has 4 nitrogen and oxygen atoms in total. The molecule has 1 rings (SSSR count). The van der Waals surface area contributed by atoms with Crippen LogP contribution in [0.2, 0.25) is 0 Å². The van der Waals surface area contributed by atoms with Crippen LogP contribution in [0.3, 0.4) is 0 Å². The van der Waals surface area contributed by atoms with Crippen LogP contribution in [0.5, 0.6) is 0 Å². The fourth-order valence-electron chi connectivity index (χ4n) is 1.17. The van der Waals surface area contributed by atoms with Crippen LogP contribution in [-0.2, 0) is 11.0 Å². The van der Waals surface area contributed by atoms with Crippen LogP contribution in [0.15, 0.2) is 17.4 Å². The lowest BCUT2D eigenvalue weighted by molar-refractivity contribution is -0.141. The third-order valence-electron chi connectivity index (χ3n) is 2.01. The van der Waals surface area contributed by atoms with E-state index in [1.54, 1.807) is 20.8 Å². The molecule has 106 valence electrons. The quantitative estimate of drug-likeness (QED) is 0.684. The average molecular weight is 293 g/mol. The third kappa shape index (κ3) is 5.06. The van der Waals surface area contributed by atoms with Gasteiger partial charge in [0.1, 0.15) is 5.69 Å². The van der Waals surface area contributed by atoms with E-state index in [2.05, 4.69) is 15.3 Å². The molecule has 1 atom stereocenters. The Labute approximate surface area is 113 Å². The lowest BCUT2D eigenvalue weighted by atomic mass is 10.3. The van der Waals surface area contributed by atoms with E-state index in [0.717, 1.165) is 24.0 Å². The van der Waals surface area contributed by atoms with Crippen molar-refractivity contribution in [2.24, 2.45) is 0 Å². The van der Waals surface area contributed by atoms with Crippen LogP contribution >= 0.6 is 11.8 Å². The van der Waals surface area contributed by atoms with Crippen LogP contribution in [-0.4, -0.2) is 27.2 Å². The molecule has 8 heteroatoms. The summed E-state index contributed by atoms with van der Waals surface area (Å²) in [7, 11) is 0. The molecule has 0 fully saturated rings. The van der Waals surface area contributed by atoms with Gasteiger partial charge >= 0.3 is 6.18 Å². The number of hydrogen-bond donors (Lipinski definition) is 1. The van der Waals surface area contributed by atoms with E-state index in [1.807, 2.05) is 0 Å². The number of amides is 1. The molecule has 0 saturated heterocycles. The smallest absolute Gasteiger partial charge is 0.353 e. The fourth-order valence-corrected chi connectivity index (χ4v) is 1.93. The van der Waals surface area contributed by atoms with Gasteiger partial charge in [-0.05, 0) is 26.8 Å². The molecule has 0 aliphatic heterocycles. The summed E-state index contributed by atoms with van der Waals surface area (Å²) >= 11 is 0.890. The maximum Gasteiger partial charge on any atom is 0.433 e. The molecule has 0 aliphatic rings. The van der Waals surface area contributed by atoms with Crippen LogP contribution in [0.1, 0.15) is 26.5 Å². The Morgan fingerprint density at radius 3 is 2.53 bits per heavy atom. The lowest BCUT2D eigenvalue weighted by Gasteiger charge is -2.13. The average Bonchev–Trinajstić information content (AvgIpc) is 2.27. The van der Waals surface area contributed by atoms with Gasteiger partial charge in [-0.2, -0.15) is 13.2 Å². The monoisotopic (exact) mass is 293 g/mol. The van der Waals surface area contributed by atoms with Crippen molar-refractivity contribution in [3.63, 3.8) is 0 Å². The van der Waals surface area contributed by atoms with Gasteiger partial charge in [0, 0.05) is 12.2 Å². The first-order chi connectivity index (χ1) is 8.70. The highest BCUT2D eigenvalue weighted by Gasteiger charge is 2.33. The van der Waals surface area contributed by atoms with Gasteiger partial charge in [-0.3, -0.25) is 4.79 Å². The first-order valence-electron chi connectivity index (χ1n) is 5.57. The van der Waals surface area contributed by atoms with E-state index in [4.69, 9.17) is 0 Å². The number of alkyl halides is 3. The van der Waals surface area contributed by atoms with Gasteiger partial charge in [-0.1, -0.05) is 11.8 Å². The summed E-state index contributed by atoms with van der Waals surface area (Å²) in [5.41, 5.74) is -1.01. The van der Waals surface area contributed by atoms with Crippen molar-refractivity contribution in [1.29, 1.82) is 0 Å². The van der Waals surface area contributed by atoms with Gasteiger partial charge < -0.3 is 5.32 Å². The number of carbonyl (C=O) groups excluding carboxylic acids is 1. The second-order valence-corrected chi connectivity index (χ2v) is 5.45. The Kier molecular flexibility index (Phi) is 5.16. The number of halogens is 3. The minimum absolute atomic E-state index is 0.0297. The predicted molar refractivity (Wildman–Crippen MR) is 65.6 cm³/mol. The topological polar surface area (TPSA) is 54.9 Å². The number of hydrogen-bond acceptors (Lipinski definition) is 4. The van der Waals surface area contributed by atoms with Gasteiger partial charge in [0.2, 0.25) is 5.91 Å². The summed E-state index contributed by atoms with van der Waals surface area (Å²) in [6.07, 6.45) is -3.48. The Balaban J connectivity index is 2.75. The molecule has 0 radical (unpaired) electrons. The van der Waals surface area contributed by atoms with Gasteiger partial charge in [-0.25, -0.2) is 9.97 Å². The lowest BCUT2D eigenvalue weighted by Crippen LogP contribution is -2.36. The molecule has 0 saturated carbocycles. The highest BCUT2D eigenvalue weighted by atomic mass is 32.2. The molecule has 0 unspecified atom stereocenters. The van der Waals surface area contributed by atoms with Gasteiger partial charge in [-0.15, -0.1) is 0 Å². The summed E-state index contributed by atoms with van der Waals surface area (Å²) in [5, 5.41) is 2.04. The van der Waals surface area contributed by atoms with E-state index in [1.165, 1.54) is 0 Å². The predicted octanol–water partition coefficient (Wildman–Crippen LogP) is 2.50. The number of rotatable bonds is 4. The molecular formula is C11H14F3N3OS. The Hall–Kier alpha value is -1.31. The van der Waals surface area contributed by atoms with Crippen molar-refractivity contribution in [3.05, 3.63) is 18.0 Å². The van der Waals surface area contributed by atoms with E-state index in [0.29, 0.717) is 0 Å². The number of aromatic nitrogens is 2. The minimum atomic E-state index is -4.51. The molecule has 0 aromatic carbocycles. The molecule has 1 heterocycles. The molecule has 1 aromatic heterocycles. The first kappa shape index (κ1) is 15.7. The minimum Gasteiger partial charge on any atom is -0.353 e. The number of nitrogens with one attached hydrogen (secondary N) is 1. The third-order valence-corrected chi connectivity index (χ3v) is 2.98. The zero-order valence-electron chi connectivity index (χ0n) is 10.7. The molecular weight excluding hydrogens is 279 g/mol. The van der Waals surface area contributed by atoms with E-state index < -0.39 is 17.1 Å². The molecule has 0 spiro atoms. The van der Waals surface area contributed by atoms with Crippen molar-refractivity contribution >= 4 is 17.7 Å². The standard InChI is InChI=1S/C11H14F3N3OS/c1-6(2)16-9(18)7(3)19-10-15-5-4-8(17-10)11(12,13)14/h4-7H,1-3H3,(H,16,18)/t7-/m0/s1. The second kappa shape index (κ2) is 6.23. The van der Waals surface area contributed by atoms with E-state index in [9.17, 15) is 18.0 Å². The summed E-state index contributed by atoms with van der Waals surface area (Å²) < 4.78 is 37.4. The van der Waals surface area contributed by atoms with Crippen molar-refractivity contribution in [1.82, 2.24) is 15.3 Å². The number of thioether (sulfide) groups is 1. The first-order valence-corrected chi connectivity index (χ1v) is 6.45. The molecule has 0 bridgehead atoms. The van der Waals surface area contributed by atoms with Crippen LogP contribution < -0.4 is 5.32 Å². The highest BCUT2D eigenvalue weighted by molar-refractivity contribution is 8.00. The van der Waals surface area contributed by atoms with Crippen molar-refractivity contribution in [2.45, 2.75) is 43.4 Å². The summed E-state index contributed by atoms with van der Waals surface area (Å²) in [4.78, 5) is 18.7. The maximum absolute atomic E-state index is 12.5. The zero-order valence-corrected chi connectivity index (χ0v) is 11.5. The molecule has 1 N–H and O–H groups in total. The van der Waals surface area contributed by atoms with Gasteiger partial charge in [0.25, 0.3) is 0 Å². The highest BCUT2D eigenvalue weighted by Crippen LogP contribution is 2.29. The normalized spacial score (nSPS) is 13.4. The molecule has 0 aliphatic carbocycles. The Morgan fingerprint density at radius 2 is 2.00 bits per heavy atom. The van der Waals surface area contributed by atoms with Crippen LogP contribution in [0, 0.1) is 0 Å². The zero-order chi connectivity index (χ0) is 14.6. The summed E-state index contributed by atoms with van der Waals surface area (Å²) in [6, 6.07) is 0.765. The van der Waals surface area contributed by atoms with Crippen LogP contribution in [0.4, 0.5) is 13.2 Å². The summed E-state index contributed by atoms with van der Waals surface area (Å²) in [6.45, 7) is 5.19. The summed E-state index contributed by atoms with van der Waals surface area (Å²) in [5.74, 6) is -0.263. The molecule has 1 amide bonds. The molecule has 19 heavy (non-hydrogen) atoms. The second-order valence-electron chi connectivity index (χ2n) is 4.15. The van der Waals surface area contributed by atoms with Gasteiger partial charge in [0.05, 0.1) is 5.25 Å². The maximum atomic E-state index is 12.5. The number of carbonyl (C=O) groups is 1. The van der Waals surface area contributed by atoms with Crippen molar-refractivity contribution < 1.29 is 18.0 Å². The molecule has 1 aromatic rings. The Bertz CT molecular complexity index is 451. The van der Waals surface area contributed by atoms with Crippen molar-refractivity contribution in [3.8, 4) is 0 Å². The number of nitrogens with zero attached hydrogens (tertiary/aromatic N) is 2. The van der Waals surface area contributed by atoms with Crippen LogP contribution in [0.25, 0.3) is 0 Å². The van der Waals surface area contributed by atoms with E-state index >= 15 is 0 Å². The van der Waals surface area contributed by atoms with E-state index in [-0.39, 0.29) is 17.1 Å². The Morgan fingerprint density at radius 1 is 1.37 bits per heavy atom.